The van der Waals surface area contributed by atoms with Crippen LogP contribution in [0, 0.1) is 23.7 Å². The zero-order chi connectivity index (χ0) is 14.0. The van der Waals surface area contributed by atoms with E-state index in [2.05, 4.69) is 52.3 Å². The molecule has 4 atom stereocenters. The Hall–Kier alpha value is -1.04. The van der Waals surface area contributed by atoms with E-state index in [0.717, 1.165) is 12.8 Å². The zero-order valence-corrected chi connectivity index (χ0v) is 12.3. The van der Waals surface area contributed by atoms with Crippen LogP contribution in [0.3, 0.4) is 0 Å². The van der Waals surface area contributed by atoms with Crippen LogP contribution in [0.25, 0.3) is 0 Å². The third-order valence-electron chi connectivity index (χ3n) is 3.90. The number of allylic oxidation sites excluding steroid dienone is 4. The first-order chi connectivity index (χ1) is 8.58. The number of hydrogen-bond donors (Lipinski definition) is 0. The quantitative estimate of drug-likeness (QED) is 0.404. The molecule has 0 aromatic heterocycles. The predicted molar refractivity (Wildman–Crippen MR) is 84.6 cm³/mol. The van der Waals surface area contributed by atoms with Crippen LogP contribution in [-0.4, -0.2) is 0 Å². The van der Waals surface area contributed by atoms with E-state index in [4.69, 9.17) is 0 Å². The van der Waals surface area contributed by atoms with Crippen LogP contribution in [0.2, 0.25) is 0 Å². The van der Waals surface area contributed by atoms with Gasteiger partial charge in [0.05, 0.1) is 0 Å². The minimum absolute atomic E-state index is 0.560. The second-order valence-corrected chi connectivity index (χ2v) is 5.40. The van der Waals surface area contributed by atoms with Gasteiger partial charge >= 0.3 is 0 Å². The molecule has 0 aromatic carbocycles. The molecule has 0 heteroatoms. The maximum atomic E-state index is 3.96. The molecule has 0 heterocycles. The maximum Gasteiger partial charge on any atom is -0.0231 e. The molecule has 0 radical (unpaired) electrons. The van der Waals surface area contributed by atoms with Crippen LogP contribution in [0.5, 0.6) is 0 Å². The van der Waals surface area contributed by atoms with Crippen LogP contribution in [0.15, 0.2) is 50.6 Å². The molecule has 0 amide bonds. The van der Waals surface area contributed by atoms with E-state index in [0.29, 0.717) is 23.7 Å². The van der Waals surface area contributed by atoms with Gasteiger partial charge in [-0.3, -0.25) is 0 Å². The lowest BCUT2D eigenvalue weighted by Crippen LogP contribution is -2.11. The van der Waals surface area contributed by atoms with Crippen molar-refractivity contribution in [1.82, 2.24) is 0 Å². The third kappa shape index (κ3) is 6.64. The van der Waals surface area contributed by atoms with E-state index < -0.39 is 0 Å². The summed E-state index contributed by atoms with van der Waals surface area (Å²) in [5.41, 5.74) is 0. The van der Waals surface area contributed by atoms with Gasteiger partial charge in [0.1, 0.15) is 0 Å². The van der Waals surface area contributed by atoms with Gasteiger partial charge in [0, 0.05) is 0 Å². The zero-order valence-electron chi connectivity index (χ0n) is 12.3. The fourth-order valence-electron chi connectivity index (χ4n) is 2.34. The van der Waals surface area contributed by atoms with Gasteiger partial charge < -0.3 is 0 Å². The lowest BCUT2D eigenvalue weighted by Gasteiger charge is -2.23. The van der Waals surface area contributed by atoms with Crippen molar-refractivity contribution < 1.29 is 0 Å². The first-order valence-electron chi connectivity index (χ1n) is 7.07. The van der Waals surface area contributed by atoms with Crippen LogP contribution >= 0.6 is 0 Å². The van der Waals surface area contributed by atoms with E-state index >= 15 is 0 Å². The van der Waals surface area contributed by atoms with Crippen molar-refractivity contribution in [2.75, 3.05) is 0 Å². The summed E-state index contributed by atoms with van der Waals surface area (Å²) in [6.45, 7) is 20.0. The highest BCUT2D eigenvalue weighted by atomic mass is 14.2. The van der Waals surface area contributed by atoms with Gasteiger partial charge in [-0.1, -0.05) is 38.2 Å². The van der Waals surface area contributed by atoms with E-state index in [9.17, 15) is 0 Å². The molecule has 0 bridgehead atoms. The second-order valence-electron chi connectivity index (χ2n) is 5.40. The highest BCUT2D eigenvalue weighted by molar-refractivity contribution is 4.89. The fraction of sp³-hybridized carbons (Fsp3) is 0.556. The normalized spacial score (nSPS) is 17.2. The predicted octanol–water partition coefficient (Wildman–Crippen LogP) is 5.80. The Morgan fingerprint density at radius 1 is 0.889 bits per heavy atom. The molecule has 0 aromatic rings. The molecule has 0 aliphatic heterocycles. The van der Waals surface area contributed by atoms with Crippen LogP contribution in [-0.2, 0) is 0 Å². The van der Waals surface area contributed by atoms with E-state index in [-0.39, 0.29) is 0 Å². The summed E-state index contributed by atoms with van der Waals surface area (Å²) in [5.74, 6) is 2.40. The Labute approximate surface area is 114 Å². The number of rotatable bonds is 11. The summed E-state index contributed by atoms with van der Waals surface area (Å²) in [6.07, 6.45) is 12.9. The average Bonchev–Trinajstić information content (AvgIpc) is 2.40. The molecule has 0 aliphatic carbocycles. The smallest absolute Gasteiger partial charge is 0.0231 e. The van der Waals surface area contributed by atoms with Crippen molar-refractivity contribution in [2.45, 2.75) is 39.5 Å². The Bertz CT molecular complexity index is 261. The molecular weight excluding hydrogens is 216 g/mol. The average molecular weight is 246 g/mol. The molecule has 102 valence electrons. The first-order valence-corrected chi connectivity index (χ1v) is 7.07. The summed E-state index contributed by atoms with van der Waals surface area (Å²) in [5, 5.41) is 0. The van der Waals surface area contributed by atoms with Crippen molar-refractivity contribution in [3.63, 3.8) is 0 Å². The van der Waals surface area contributed by atoms with E-state index in [1.807, 2.05) is 12.2 Å². The van der Waals surface area contributed by atoms with Gasteiger partial charge in [-0.25, -0.2) is 0 Å². The monoisotopic (exact) mass is 246 g/mol. The minimum Gasteiger partial charge on any atom is -0.103 e. The fourth-order valence-corrected chi connectivity index (χ4v) is 2.34. The van der Waals surface area contributed by atoms with Crippen molar-refractivity contribution in [3.8, 4) is 0 Å². The van der Waals surface area contributed by atoms with Crippen LogP contribution in [0.1, 0.15) is 39.5 Å². The summed E-state index contributed by atoms with van der Waals surface area (Å²) in [4.78, 5) is 0. The summed E-state index contributed by atoms with van der Waals surface area (Å²) in [7, 11) is 0. The summed E-state index contributed by atoms with van der Waals surface area (Å²) < 4.78 is 0. The van der Waals surface area contributed by atoms with Gasteiger partial charge in [-0.05, 0) is 49.4 Å². The van der Waals surface area contributed by atoms with Crippen molar-refractivity contribution in [3.05, 3.63) is 50.6 Å². The lowest BCUT2D eigenvalue weighted by molar-refractivity contribution is 0.348. The molecule has 0 rings (SSSR count). The van der Waals surface area contributed by atoms with Crippen molar-refractivity contribution in [2.24, 2.45) is 23.7 Å². The largest absolute Gasteiger partial charge is 0.103 e. The number of hydrogen-bond acceptors (Lipinski definition) is 0. The Morgan fingerprint density at radius 2 is 1.56 bits per heavy atom. The lowest BCUT2D eigenvalue weighted by atomic mass is 9.83. The highest BCUT2D eigenvalue weighted by Crippen LogP contribution is 2.27. The SMILES string of the molecule is C=CCC(CCC(C=C)CC(C)C=C)C(C)C=C. The highest BCUT2D eigenvalue weighted by Gasteiger charge is 2.16. The molecule has 4 unspecified atom stereocenters. The molecule has 0 spiro atoms. The Kier molecular flexibility index (Phi) is 9.36. The molecule has 0 nitrogen and oxygen atoms in total. The molecule has 0 N–H and O–H groups in total. The van der Waals surface area contributed by atoms with Crippen LogP contribution in [0.4, 0.5) is 0 Å². The van der Waals surface area contributed by atoms with Gasteiger partial charge in [-0.15, -0.1) is 26.3 Å². The molecule has 0 saturated carbocycles. The third-order valence-corrected chi connectivity index (χ3v) is 3.90. The summed E-state index contributed by atoms with van der Waals surface area (Å²) in [6, 6.07) is 0. The standard InChI is InChI=1S/C18H30/c1-7-11-18(16(6)9-3)13-12-17(10-4)14-15(5)8-2/h7-10,15-18H,1-4,11-14H2,5-6H3. The molecule has 0 aliphatic rings. The molecular formula is C18H30. The first kappa shape index (κ1) is 17.0. The van der Waals surface area contributed by atoms with E-state index in [1.54, 1.807) is 0 Å². The van der Waals surface area contributed by atoms with Crippen molar-refractivity contribution >= 4 is 0 Å². The molecule has 0 fully saturated rings. The van der Waals surface area contributed by atoms with Crippen molar-refractivity contribution in [1.29, 1.82) is 0 Å². The minimum atomic E-state index is 0.560. The second kappa shape index (κ2) is 9.94. The van der Waals surface area contributed by atoms with Gasteiger partial charge in [0.25, 0.3) is 0 Å². The van der Waals surface area contributed by atoms with Crippen LogP contribution < -0.4 is 0 Å². The topological polar surface area (TPSA) is 0 Å². The molecule has 0 saturated heterocycles. The maximum absolute atomic E-state index is 3.96. The molecule has 18 heavy (non-hydrogen) atoms. The van der Waals surface area contributed by atoms with Gasteiger partial charge in [0.15, 0.2) is 0 Å². The van der Waals surface area contributed by atoms with Gasteiger partial charge in [-0.2, -0.15) is 0 Å². The Morgan fingerprint density at radius 3 is 2.00 bits per heavy atom. The Balaban J connectivity index is 4.28. The van der Waals surface area contributed by atoms with E-state index in [1.165, 1.54) is 12.8 Å². The van der Waals surface area contributed by atoms with Gasteiger partial charge in [0.2, 0.25) is 0 Å². The summed E-state index contributed by atoms with van der Waals surface area (Å²) >= 11 is 0.